The molecule has 2 aromatic rings. The Hall–Kier alpha value is -1.38. The Morgan fingerprint density at radius 3 is 2.68 bits per heavy atom. The Morgan fingerprint density at radius 1 is 1.36 bits per heavy atom. The molecule has 0 saturated carbocycles. The van der Waals surface area contributed by atoms with E-state index in [1.54, 1.807) is 21.0 Å². The van der Waals surface area contributed by atoms with Crippen LogP contribution < -0.4 is 9.46 Å². The van der Waals surface area contributed by atoms with Crippen molar-refractivity contribution in [2.24, 2.45) is 0 Å². The minimum absolute atomic E-state index is 0.105. The van der Waals surface area contributed by atoms with E-state index in [4.69, 9.17) is 9.26 Å². The van der Waals surface area contributed by atoms with Gasteiger partial charge in [0.05, 0.1) is 7.11 Å². The molecule has 0 fully saturated rings. The second-order valence-corrected chi connectivity index (χ2v) is 7.38. The highest BCUT2D eigenvalue weighted by atomic mass is 79.9. The van der Waals surface area contributed by atoms with Gasteiger partial charge in [0.2, 0.25) is 10.0 Å². The topological polar surface area (TPSA) is 81.4 Å². The molecule has 0 atom stereocenters. The summed E-state index contributed by atoms with van der Waals surface area (Å²) in [6.07, 6.45) is 0.505. The van der Waals surface area contributed by atoms with Gasteiger partial charge in [-0.25, -0.2) is 13.1 Å². The van der Waals surface area contributed by atoms with Crippen LogP contribution in [0.1, 0.15) is 17.0 Å². The fraction of sp³-hybridized carbons (Fsp3) is 0.357. The van der Waals surface area contributed by atoms with E-state index in [0.29, 0.717) is 12.1 Å². The molecular weight excluding hydrogens is 372 g/mol. The summed E-state index contributed by atoms with van der Waals surface area (Å²) < 4.78 is 38.2. The molecule has 0 spiro atoms. The fourth-order valence-corrected chi connectivity index (χ4v) is 3.96. The van der Waals surface area contributed by atoms with Crippen LogP contribution >= 0.6 is 15.9 Å². The van der Waals surface area contributed by atoms with E-state index in [1.807, 2.05) is 18.2 Å². The third-order valence-electron chi connectivity index (χ3n) is 3.17. The average Bonchev–Trinajstić information content (AvgIpc) is 2.79. The molecule has 2 rings (SSSR count). The molecule has 1 N–H and O–H groups in total. The van der Waals surface area contributed by atoms with Crippen LogP contribution in [0.25, 0.3) is 0 Å². The third kappa shape index (κ3) is 3.68. The molecule has 0 amide bonds. The lowest BCUT2D eigenvalue weighted by molar-refractivity contribution is 0.390. The summed E-state index contributed by atoms with van der Waals surface area (Å²) in [6, 6.07) is 5.61. The Morgan fingerprint density at radius 2 is 2.09 bits per heavy atom. The number of halogens is 1. The lowest BCUT2D eigenvalue weighted by Gasteiger charge is -2.10. The van der Waals surface area contributed by atoms with Gasteiger partial charge >= 0.3 is 0 Å². The zero-order valence-electron chi connectivity index (χ0n) is 12.5. The van der Waals surface area contributed by atoms with Crippen LogP contribution in [-0.2, 0) is 16.4 Å². The summed E-state index contributed by atoms with van der Waals surface area (Å²) in [7, 11) is -2.05. The Balaban J connectivity index is 2.10. The largest absolute Gasteiger partial charge is 0.496 e. The van der Waals surface area contributed by atoms with Crippen LogP contribution in [0.15, 0.2) is 32.1 Å². The number of nitrogens with zero attached hydrogens (tertiary/aromatic N) is 1. The summed E-state index contributed by atoms with van der Waals surface area (Å²) >= 11 is 3.39. The second-order valence-electron chi connectivity index (χ2n) is 4.76. The molecule has 1 heterocycles. The van der Waals surface area contributed by atoms with Gasteiger partial charge in [0.1, 0.15) is 16.3 Å². The Labute approximate surface area is 138 Å². The van der Waals surface area contributed by atoms with Gasteiger partial charge in [0.25, 0.3) is 0 Å². The average molecular weight is 389 g/mol. The van der Waals surface area contributed by atoms with Crippen molar-refractivity contribution in [3.8, 4) is 5.75 Å². The van der Waals surface area contributed by atoms with Crippen LogP contribution in [0.4, 0.5) is 0 Å². The smallest absolute Gasteiger partial charge is 0.245 e. The molecule has 8 heteroatoms. The molecule has 0 aliphatic rings. The first-order valence-corrected chi connectivity index (χ1v) is 8.87. The molecule has 0 bridgehead atoms. The first-order chi connectivity index (χ1) is 10.3. The summed E-state index contributed by atoms with van der Waals surface area (Å²) in [5.74, 6) is 1.00. The molecule has 0 saturated heterocycles. The van der Waals surface area contributed by atoms with Crippen molar-refractivity contribution < 1.29 is 17.7 Å². The highest BCUT2D eigenvalue weighted by molar-refractivity contribution is 9.10. The van der Waals surface area contributed by atoms with Crippen molar-refractivity contribution >= 4 is 26.0 Å². The number of methoxy groups -OCH3 is 1. The van der Waals surface area contributed by atoms with E-state index in [-0.39, 0.29) is 17.2 Å². The monoisotopic (exact) mass is 388 g/mol. The second kappa shape index (κ2) is 6.80. The number of nitrogens with one attached hydrogen (secondary N) is 1. The highest BCUT2D eigenvalue weighted by Gasteiger charge is 2.23. The maximum Gasteiger partial charge on any atom is 0.245 e. The van der Waals surface area contributed by atoms with E-state index in [1.165, 1.54) is 0 Å². The minimum Gasteiger partial charge on any atom is -0.496 e. The zero-order chi connectivity index (χ0) is 16.3. The van der Waals surface area contributed by atoms with E-state index >= 15 is 0 Å². The molecule has 0 unspecified atom stereocenters. The highest BCUT2D eigenvalue weighted by Crippen LogP contribution is 2.23. The van der Waals surface area contributed by atoms with Gasteiger partial charge in [-0.3, -0.25) is 0 Å². The number of benzene rings is 1. The predicted molar refractivity (Wildman–Crippen MR) is 85.6 cm³/mol. The summed E-state index contributed by atoms with van der Waals surface area (Å²) in [6.45, 7) is 3.42. The van der Waals surface area contributed by atoms with Crippen LogP contribution in [-0.4, -0.2) is 27.2 Å². The maximum atomic E-state index is 12.3. The van der Waals surface area contributed by atoms with Gasteiger partial charge in [-0.2, -0.15) is 0 Å². The van der Waals surface area contributed by atoms with Crippen LogP contribution in [0.5, 0.6) is 5.75 Å². The van der Waals surface area contributed by atoms with Crippen molar-refractivity contribution in [2.45, 2.75) is 25.2 Å². The number of aromatic nitrogens is 1. The molecule has 120 valence electrons. The number of hydrogen-bond acceptors (Lipinski definition) is 5. The van der Waals surface area contributed by atoms with E-state index < -0.39 is 10.0 Å². The lowest BCUT2D eigenvalue weighted by Crippen LogP contribution is -2.26. The normalized spacial score (nSPS) is 11.6. The molecule has 22 heavy (non-hydrogen) atoms. The van der Waals surface area contributed by atoms with Crippen LogP contribution in [0, 0.1) is 13.8 Å². The predicted octanol–water partition coefficient (Wildman–Crippen LogP) is 2.58. The lowest BCUT2D eigenvalue weighted by atomic mass is 10.1. The third-order valence-corrected chi connectivity index (χ3v) is 5.36. The Bertz CT molecular complexity index is 752. The van der Waals surface area contributed by atoms with Gasteiger partial charge in [-0.05, 0) is 44.0 Å². The molecule has 1 aromatic carbocycles. The summed E-state index contributed by atoms with van der Waals surface area (Å²) in [5, 5.41) is 3.67. The first-order valence-electron chi connectivity index (χ1n) is 6.60. The number of ether oxygens (including phenoxy) is 1. The standard InChI is InChI=1S/C14H17BrN2O4S/c1-9-14(10(2)21-17-9)22(18,19)16-7-6-11-8-12(15)4-5-13(11)20-3/h4-5,8,16H,6-7H2,1-3H3. The van der Waals surface area contributed by atoms with Gasteiger partial charge in [-0.15, -0.1) is 0 Å². The van der Waals surface area contributed by atoms with E-state index in [0.717, 1.165) is 15.8 Å². The van der Waals surface area contributed by atoms with Crippen LogP contribution in [0.2, 0.25) is 0 Å². The molecule has 0 aliphatic carbocycles. The maximum absolute atomic E-state index is 12.3. The van der Waals surface area contributed by atoms with Crippen molar-refractivity contribution in [1.29, 1.82) is 0 Å². The van der Waals surface area contributed by atoms with Gasteiger partial charge in [-0.1, -0.05) is 21.1 Å². The SMILES string of the molecule is COc1ccc(Br)cc1CCNS(=O)(=O)c1c(C)noc1C. The summed E-state index contributed by atoms with van der Waals surface area (Å²) in [4.78, 5) is 0.105. The quantitative estimate of drug-likeness (QED) is 0.822. The van der Waals surface area contributed by atoms with E-state index in [9.17, 15) is 8.42 Å². The molecule has 1 aromatic heterocycles. The van der Waals surface area contributed by atoms with Gasteiger partial charge < -0.3 is 9.26 Å². The van der Waals surface area contributed by atoms with Crippen LogP contribution in [0.3, 0.4) is 0 Å². The number of hydrogen-bond donors (Lipinski definition) is 1. The van der Waals surface area contributed by atoms with E-state index in [2.05, 4.69) is 25.8 Å². The van der Waals surface area contributed by atoms with Gasteiger partial charge in [0, 0.05) is 11.0 Å². The molecule has 6 nitrogen and oxygen atoms in total. The van der Waals surface area contributed by atoms with Crippen molar-refractivity contribution in [1.82, 2.24) is 9.88 Å². The number of rotatable bonds is 6. The first kappa shape index (κ1) is 17.0. The Kier molecular flexibility index (Phi) is 5.25. The zero-order valence-corrected chi connectivity index (χ0v) is 14.9. The number of sulfonamides is 1. The molecule has 0 aliphatic heterocycles. The van der Waals surface area contributed by atoms with Crippen molar-refractivity contribution in [3.05, 3.63) is 39.7 Å². The fourth-order valence-electron chi connectivity index (χ4n) is 2.19. The summed E-state index contributed by atoms with van der Waals surface area (Å²) in [5.41, 5.74) is 1.27. The van der Waals surface area contributed by atoms with Crippen molar-refractivity contribution in [2.75, 3.05) is 13.7 Å². The number of aryl methyl sites for hydroxylation is 2. The minimum atomic E-state index is -3.64. The van der Waals surface area contributed by atoms with Crippen molar-refractivity contribution in [3.63, 3.8) is 0 Å². The molecular formula is C14H17BrN2O4S. The molecule has 0 radical (unpaired) electrons. The van der Waals surface area contributed by atoms with Gasteiger partial charge in [0.15, 0.2) is 5.76 Å².